The molecule has 0 radical (unpaired) electrons. The topological polar surface area (TPSA) is 124 Å². The number of hydrogen-bond acceptors (Lipinski definition) is 6. The Labute approximate surface area is 179 Å². The summed E-state index contributed by atoms with van der Waals surface area (Å²) in [6, 6.07) is 11.2. The van der Waals surface area contributed by atoms with E-state index in [1.54, 1.807) is 24.3 Å². The summed E-state index contributed by atoms with van der Waals surface area (Å²) in [5.41, 5.74) is 7.06. The van der Waals surface area contributed by atoms with Crippen molar-refractivity contribution in [3.8, 4) is 6.07 Å². The second-order valence-corrected chi connectivity index (χ2v) is 7.96. The SMILES string of the molecule is N#CC(CNC(=O)C1(N)CCN(c2ncnc3[nH]ccc23)CC1)c1ccc(Cl)cc1. The van der Waals surface area contributed by atoms with Gasteiger partial charge >= 0.3 is 0 Å². The van der Waals surface area contributed by atoms with E-state index in [0.717, 1.165) is 22.4 Å². The molecular formula is C21H22ClN7O. The number of nitriles is 1. The van der Waals surface area contributed by atoms with E-state index < -0.39 is 11.5 Å². The van der Waals surface area contributed by atoms with Gasteiger partial charge in [-0.25, -0.2) is 9.97 Å². The highest BCUT2D eigenvalue weighted by Crippen LogP contribution is 2.28. The Hall–Kier alpha value is -3.15. The zero-order valence-corrected chi connectivity index (χ0v) is 17.1. The number of nitrogens with two attached hydrogens (primary N) is 1. The van der Waals surface area contributed by atoms with Crippen LogP contribution in [0.1, 0.15) is 24.3 Å². The molecule has 0 aliphatic carbocycles. The number of carbonyl (C=O) groups excluding carboxylic acids is 1. The van der Waals surface area contributed by atoms with Gasteiger partial charge in [-0.15, -0.1) is 0 Å². The van der Waals surface area contributed by atoms with Crippen LogP contribution in [0.25, 0.3) is 11.0 Å². The van der Waals surface area contributed by atoms with Crippen LogP contribution in [0.5, 0.6) is 0 Å². The Morgan fingerprint density at radius 3 is 2.73 bits per heavy atom. The normalized spacial score (nSPS) is 16.8. The largest absolute Gasteiger partial charge is 0.356 e. The molecule has 1 aliphatic heterocycles. The average Bonchev–Trinajstić information content (AvgIpc) is 3.25. The van der Waals surface area contributed by atoms with E-state index in [1.165, 1.54) is 6.33 Å². The molecule has 0 bridgehead atoms. The van der Waals surface area contributed by atoms with Gasteiger partial charge in [-0.2, -0.15) is 5.26 Å². The molecule has 1 aliphatic rings. The van der Waals surface area contributed by atoms with Crippen LogP contribution >= 0.6 is 11.6 Å². The molecular weight excluding hydrogens is 402 g/mol. The molecule has 1 amide bonds. The zero-order chi connectivity index (χ0) is 21.1. The van der Waals surface area contributed by atoms with E-state index >= 15 is 0 Å². The first kappa shape index (κ1) is 20.1. The van der Waals surface area contributed by atoms with E-state index in [9.17, 15) is 10.1 Å². The number of rotatable bonds is 5. The molecule has 4 N–H and O–H groups in total. The fourth-order valence-electron chi connectivity index (χ4n) is 3.76. The van der Waals surface area contributed by atoms with Crippen molar-refractivity contribution < 1.29 is 4.79 Å². The number of nitrogens with zero attached hydrogens (tertiary/aromatic N) is 4. The molecule has 1 fully saturated rings. The lowest BCUT2D eigenvalue weighted by molar-refractivity contribution is -0.127. The molecule has 1 saturated heterocycles. The van der Waals surface area contributed by atoms with Crippen molar-refractivity contribution in [1.29, 1.82) is 5.26 Å². The molecule has 9 heteroatoms. The maximum absolute atomic E-state index is 12.8. The maximum atomic E-state index is 12.8. The van der Waals surface area contributed by atoms with E-state index in [0.29, 0.717) is 31.0 Å². The van der Waals surface area contributed by atoms with Gasteiger partial charge in [0.1, 0.15) is 17.8 Å². The number of benzene rings is 1. The van der Waals surface area contributed by atoms with Crippen molar-refractivity contribution in [2.75, 3.05) is 24.5 Å². The minimum atomic E-state index is -0.971. The van der Waals surface area contributed by atoms with Crippen molar-refractivity contribution in [3.05, 3.63) is 53.4 Å². The molecule has 0 spiro atoms. The van der Waals surface area contributed by atoms with Gasteiger partial charge in [-0.3, -0.25) is 4.79 Å². The third kappa shape index (κ3) is 3.95. The summed E-state index contributed by atoms with van der Waals surface area (Å²) in [6.45, 7) is 1.43. The lowest BCUT2D eigenvalue weighted by atomic mass is 9.87. The Morgan fingerprint density at radius 2 is 2.03 bits per heavy atom. The monoisotopic (exact) mass is 423 g/mol. The third-order valence-electron chi connectivity index (χ3n) is 5.64. The van der Waals surface area contributed by atoms with Crippen molar-refractivity contribution in [1.82, 2.24) is 20.3 Å². The lowest BCUT2D eigenvalue weighted by Crippen LogP contribution is -2.60. The van der Waals surface area contributed by atoms with Gasteiger partial charge in [0.15, 0.2) is 0 Å². The predicted octanol–water partition coefficient (Wildman–Crippen LogP) is 2.33. The van der Waals surface area contributed by atoms with E-state index in [-0.39, 0.29) is 12.5 Å². The second kappa shape index (κ2) is 8.30. The van der Waals surface area contributed by atoms with Gasteiger partial charge in [-0.05, 0) is 36.6 Å². The summed E-state index contributed by atoms with van der Waals surface area (Å²) in [7, 11) is 0. The number of carbonyl (C=O) groups is 1. The Morgan fingerprint density at radius 1 is 1.30 bits per heavy atom. The predicted molar refractivity (Wildman–Crippen MR) is 115 cm³/mol. The highest BCUT2D eigenvalue weighted by Gasteiger charge is 2.38. The quantitative estimate of drug-likeness (QED) is 0.578. The standard InChI is InChI=1S/C21H22ClN7O/c22-16-3-1-14(2-4-16)15(11-23)12-26-20(30)21(24)6-9-29(10-7-21)19-17-5-8-25-18(17)27-13-28-19/h1-5,8,13,15H,6-7,9-10,12,24H2,(H,26,30)(H,25,27,28). The molecule has 154 valence electrons. The molecule has 4 rings (SSSR count). The molecule has 3 heterocycles. The first-order chi connectivity index (χ1) is 14.5. The number of halogens is 1. The first-order valence-corrected chi connectivity index (χ1v) is 10.1. The molecule has 0 saturated carbocycles. The van der Waals surface area contributed by atoms with Crippen LogP contribution in [0.4, 0.5) is 5.82 Å². The molecule has 2 aromatic heterocycles. The van der Waals surface area contributed by atoms with Gasteiger partial charge in [-0.1, -0.05) is 23.7 Å². The van der Waals surface area contributed by atoms with Crippen LogP contribution in [-0.4, -0.2) is 46.0 Å². The van der Waals surface area contributed by atoms with Crippen LogP contribution in [0.2, 0.25) is 5.02 Å². The lowest BCUT2D eigenvalue weighted by Gasteiger charge is -2.38. The van der Waals surface area contributed by atoms with Crippen LogP contribution in [0, 0.1) is 11.3 Å². The van der Waals surface area contributed by atoms with Crippen LogP contribution in [-0.2, 0) is 4.79 Å². The Balaban J connectivity index is 1.37. The molecule has 1 atom stereocenters. The molecule has 1 aromatic carbocycles. The number of H-pyrrole nitrogens is 1. The Kier molecular flexibility index (Phi) is 5.57. The minimum Gasteiger partial charge on any atom is -0.356 e. The van der Waals surface area contributed by atoms with Crippen molar-refractivity contribution in [2.24, 2.45) is 5.73 Å². The molecule has 30 heavy (non-hydrogen) atoms. The number of fused-ring (bicyclic) bond motifs is 1. The summed E-state index contributed by atoms with van der Waals surface area (Å²) in [6.07, 6.45) is 4.35. The summed E-state index contributed by atoms with van der Waals surface area (Å²) >= 11 is 5.91. The highest BCUT2D eigenvalue weighted by molar-refractivity contribution is 6.30. The third-order valence-corrected chi connectivity index (χ3v) is 5.89. The van der Waals surface area contributed by atoms with Crippen molar-refractivity contribution >= 4 is 34.4 Å². The second-order valence-electron chi connectivity index (χ2n) is 7.52. The number of piperidine rings is 1. The zero-order valence-electron chi connectivity index (χ0n) is 16.3. The van der Waals surface area contributed by atoms with Crippen LogP contribution in [0.15, 0.2) is 42.9 Å². The maximum Gasteiger partial charge on any atom is 0.240 e. The van der Waals surface area contributed by atoms with Crippen LogP contribution < -0.4 is 16.0 Å². The smallest absolute Gasteiger partial charge is 0.240 e. The van der Waals surface area contributed by atoms with E-state index in [1.807, 2.05) is 12.3 Å². The van der Waals surface area contributed by atoms with Crippen molar-refractivity contribution in [3.63, 3.8) is 0 Å². The molecule has 1 unspecified atom stereocenters. The number of hydrogen-bond donors (Lipinski definition) is 3. The fourth-order valence-corrected chi connectivity index (χ4v) is 3.89. The van der Waals surface area contributed by atoms with Gasteiger partial charge in [0.25, 0.3) is 0 Å². The van der Waals surface area contributed by atoms with Gasteiger partial charge < -0.3 is 20.9 Å². The fraction of sp³-hybridized carbons (Fsp3) is 0.333. The summed E-state index contributed by atoms with van der Waals surface area (Å²) in [5.74, 6) is 0.152. The van der Waals surface area contributed by atoms with Crippen LogP contribution in [0.3, 0.4) is 0 Å². The van der Waals surface area contributed by atoms with E-state index in [4.69, 9.17) is 17.3 Å². The summed E-state index contributed by atoms with van der Waals surface area (Å²) < 4.78 is 0. The minimum absolute atomic E-state index is 0.204. The number of amides is 1. The number of aromatic amines is 1. The first-order valence-electron chi connectivity index (χ1n) is 9.75. The highest BCUT2D eigenvalue weighted by atomic mass is 35.5. The Bertz CT molecular complexity index is 1080. The van der Waals surface area contributed by atoms with Gasteiger partial charge in [0.2, 0.25) is 5.91 Å². The van der Waals surface area contributed by atoms with Gasteiger partial charge in [0.05, 0.1) is 22.9 Å². The molecule has 8 nitrogen and oxygen atoms in total. The van der Waals surface area contributed by atoms with Crippen molar-refractivity contribution in [2.45, 2.75) is 24.3 Å². The van der Waals surface area contributed by atoms with Gasteiger partial charge in [0, 0.05) is 30.9 Å². The summed E-state index contributed by atoms with van der Waals surface area (Å²) in [4.78, 5) is 26.7. The summed E-state index contributed by atoms with van der Waals surface area (Å²) in [5, 5.41) is 13.9. The molecule has 3 aromatic rings. The number of nitrogens with one attached hydrogen (secondary N) is 2. The number of anilines is 1. The average molecular weight is 424 g/mol. The van der Waals surface area contributed by atoms with E-state index in [2.05, 4.69) is 31.2 Å². The number of aromatic nitrogens is 3.